The maximum absolute atomic E-state index is 12.7. The van der Waals surface area contributed by atoms with Crippen molar-refractivity contribution in [2.45, 2.75) is 25.7 Å². The van der Waals surface area contributed by atoms with Crippen LogP contribution >= 0.6 is 27.3 Å². The van der Waals surface area contributed by atoms with Crippen LogP contribution in [0.4, 0.5) is 13.2 Å². The second kappa shape index (κ2) is 7.29. The number of fused-ring (bicyclic) bond motifs is 1. The summed E-state index contributed by atoms with van der Waals surface area (Å²) in [4.78, 5) is 15.6. The number of halogens is 4. The molecule has 3 heterocycles. The third kappa shape index (κ3) is 4.20. The van der Waals surface area contributed by atoms with Crippen LogP contribution in [-0.4, -0.2) is 26.4 Å². The van der Waals surface area contributed by atoms with Crippen LogP contribution in [0.25, 0.3) is 11.4 Å². The first-order valence-corrected chi connectivity index (χ1v) is 9.90. The SMILES string of the molecule is FC(F)(F)c1ccc(-c2ncc3c(n2)CN(Cc2nc(Br)cs2)CC3)cc1. The molecule has 27 heavy (non-hydrogen) atoms. The Morgan fingerprint density at radius 2 is 1.93 bits per heavy atom. The average Bonchev–Trinajstić information content (AvgIpc) is 3.05. The lowest BCUT2D eigenvalue weighted by atomic mass is 10.1. The molecule has 0 unspecified atom stereocenters. The Kier molecular flexibility index (Phi) is 5.00. The summed E-state index contributed by atoms with van der Waals surface area (Å²) in [6.45, 7) is 2.31. The lowest BCUT2D eigenvalue weighted by Crippen LogP contribution is -2.31. The van der Waals surface area contributed by atoms with E-state index in [1.165, 1.54) is 12.1 Å². The van der Waals surface area contributed by atoms with Gasteiger partial charge in [0.25, 0.3) is 0 Å². The Morgan fingerprint density at radius 1 is 1.15 bits per heavy atom. The zero-order valence-corrected chi connectivity index (χ0v) is 16.4. The number of hydrogen-bond donors (Lipinski definition) is 0. The maximum Gasteiger partial charge on any atom is 0.416 e. The Balaban J connectivity index is 1.54. The third-order valence-electron chi connectivity index (χ3n) is 4.38. The predicted octanol–water partition coefficient (Wildman–Crippen LogP) is 4.94. The van der Waals surface area contributed by atoms with Crippen molar-refractivity contribution >= 4 is 27.3 Å². The van der Waals surface area contributed by atoms with Crippen LogP contribution in [0.3, 0.4) is 0 Å². The Labute approximate surface area is 166 Å². The molecule has 0 spiro atoms. The van der Waals surface area contributed by atoms with Crippen molar-refractivity contribution in [2.24, 2.45) is 0 Å². The van der Waals surface area contributed by atoms with E-state index in [1.54, 1.807) is 17.5 Å². The van der Waals surface area contributed by atoms with Crippen LogP contribution in [-0.2, 0) is 25.7 Å². The molecule has 0 amide bonds. The zero-order chi connectivity index (χ0) is 19.0. The highest BCUT2D eigenvalue weighted by atomic mass is 79.9. The van der Waals surface area contributed by atoms with Gasteiger partial charge >= 0.3 is 6.18 Å². The number of hydrogen-bond acceptors (Lipinski definition) is 5. The molecule has 0 saturated carbocycles. The first-order valence-electron chi connectivity index (χ1n) is 8.23. The lowest BCUT2D eigenvalue weighted by Gasteiger charge is -2.27. The summed E-state index contributed by atoms with van der Waals surface area (Å²) < 4.78 is 39.0. The number of nitrogens with zero attached hydrogens (tertiary/aromatic N) is 4. The molecule has 2 aromatic heterocycles. The van der Waals surface area contributed by atoms with Crippen molar-refractivity contribution in [3.63, 3.8) is 0 Å². The molecule has 140 valence electrons. The first kappa shape index (κ1) is 18.5. The number of rotatable bonds is 3. The van der Waals surface area contributed by atoms with E-state index in [9.17, 15) is 13.2 Å². The van der Waals surface area contributed by atoms with Crippen LogP contribution in [0.1, 0.15) is 21.8 Å². The molecule has 4 nitrogen and oxygen atoms in total. The van der Waals surface area contributed by atoms with Gasteiger partial charge in [-0.3, -0.25) is 4.90 Å². The second-order valence-corrected chi connectivity index (χ2v) is 8.02. The Morgan fingerprint density at radius 3 is 2.59 bits per heavy atom. The van der Waals surface area contributed by atoms with E-state index in [4.69, 9.17) is 0 Å². The van der Waals surface area contributed by atoms with Gasteiger partial charge < -0.3 is 0 Å². The molecule has 0 radical (unpaired) electrons. The highest BCUT2D eigenvalue weighted by Crippen LogP contribution is 2.30. The van der Waals surface area contributed by atoms with E-state index in [0.29, 0.717) is 17.9 Å². The van der Waals surface area contributed by atoms with Gasteiger partial charge in [0.1, 0.15) is 9.61 Å². The van der Waals surface area contributed by atoms with Crippen molar-refractivity contribution in [3.8, 4) is 11.4 Å². The molecule has 1 aliphatic heterocycles. The molecule has 1 aliphatic rings. The molecule has 3 aromatic rings. The molecule has 4 rings (SSSR count). The highest BCUT2D eigenvalue weighted by molar-refractivity contribution is 9.10. The minimum atomic E-state index is -4.35. The molecule has 0 N–H and O–H groups in total. The van der Waals surface area contributed by atoms with E-state index >= 15 is 0 Å². The largest absolute Gasteiger partial charge is 0.416 e. The third-order valence-corrected chi connectivity index (χ3v) is 5.92. The van der Waals surface area contributed by atoms with Gasteiger partial charge in [-0.15, -0.1) is 11.3 Å². The average molecular weight is 455 g/mol. The molecular weight excluding hydrogens is 441 g/mol. The fourth-order valence-electron chi connectivity index (χ4n) is 2.99. The van der Waals surface area contributed by atoms with Crippen LogP contribution in [0.2, 0.25) is 0 Å². The number of benzene rings is 1. The summed E-state index contributed by atoms with van der Waals surface area (Å²) in [6.07, 6.45) is -1.72. The first-order chi connectivity index (χ1) is 12.9. The van der Waals surface area contributed by atoms with Crippen molar-refractivity contribution in [3.05, 3.63) is 62.3 Å². The fourth-order valence-corrected chi connectivity index (χ4v) is 4.30. The molecule has 0 bridgehead atoms. The van der Waals surface area contributed by atoms with Gasteiger partial charge in [0, 0.05) is 30.2 Å². The lowest BCUT2D eigenvalue weighted by molar-refractivity contribution is -0.137. The molecule has 1 aromatic carbocycles. The van der Waals surface area contributed by atoms with Gasteiger partial charge in [-0.2, -0.15) is 13.2 Å². The van der Waals surface area contributed by atoms with E-state index in [1.807, 2.05) is 5.38 Å². The van der Waals surface area contributed by atoms with E-state index in [-0.39, 0.29) is 0 Å². The Bertz CT molecular complexity index is 956. The monoisotopic (exact) mass is 454 g/mol. The summed E-state index contributed by atoms with van der Waals surface area (Å²) >= 11 is 4.97. The van der Waals surface area contributed by atoms with Crippen LogP contribution in [0.15, 0.2) is 40.4 Å². The second-order valence-electron chi connectivity index (χ2n) is 6.27. The van der Waals surface area contributed by atoms with E-state index in [2.05, 4.69) is 35.8 Å². The van der Waals surface area contributed by atoms with Crippen molar-refractivity contribution in [1.29, 1.82) is 0 Å². The van der Waals surface area contributed by atoms with Gasteiger partial charge in [-0.1, -0.05) is 12.1 Å². The van der Waals surface area contributed by atoms with E-state index in [0.717, 1.165) is 52.5 Å². The molecule has 0 aliphatic carbocycles. The summed E-state index contributed by atoms with van der Waals surface area (Å²) in [5.74, 6) is 0.446. The number of thiazole rings is 1. The minimum Gasteiger partial charge on any atom is -0.290 e. The van der Waals surface area contributed by atoms with Crippen LogP contribution in [0, 0.1) is 0 Å². The molecular formula is C18H14BrF3N4S. The Hall–Kier alpha value is -1.84. The molecule has 0 saturated heterocycles. The van der Waals surface area contributed by atoms with Gasteiger partial charge in [-0.25, -0.2) is 15.0 Å². The summed E-state index contributed by atoms with van der Waals surface area (Å²) in [5, 5.41) is 2.99. The van der Waals surface area contributed by atoms with E-state index < -0.39 is 11.7 Å². The van der Waals surface area contributed by atoms with Gasteiger partial charge in [-0.05, 0) is 40.0 Å². The quantitative estimate of drug-likeness (QED) is 0.561. The molecule has 9 heteroatoms. The zero-order valence-electron chi connectivity index (χ0n) is 14.0. The summed E-state index contributed by atoms with van der Waals surface area (Å²) in [5.41, 5.74) is 1.90. The number of alkyl halides is 3. The molecule has 0 fully saturated rings. The van der Waals surface area contributed by atoms with Gasteiger partial charge in [0.15, 0.2) is 5.82 Å². The smallest absolute Gasteiger partial charge is 0.290 e. The maximum atomic E-state index is 12.7. The van der Waals surface area contributed by atoms with Crippen molar-refractivity contribution in [2.75, 3.05) is 6.54 Å². The fraction of sp³-hybridized carbons (Fsp3) is 0.278. The van der Waals surface area contributed by atoms with Crippen molar-refractivity contribution < 1.29 is 13.2 Å². The van der Waals surface area contributed by atoms with Gasteiger partial charge in [0.05, 0.1) is 17.8 Å². The molecule has 0 atom stereocenters. The van der Waals surface area contributed by atoms with Gasteiger partial charge in [0.2, 0.25) is 0 Å². The summed E-state index contributed by atoms with van der Waals surface area (Å²) in [7, 11) is 0. The topological polar surface area (TPSA) is 41.9 Å². The predicted molar refractivity (Wildman–Crippen MR) is 100 cm³/mol. The normalized spacial score (nSPS) is 15.0. The van der Waals surface area contributed by atoms with Crippen LogP contribution < -0.4 is 0 Å². The minimum absolute atomic E-state index is 0.446. The number of aromatic nitrogens is 3. The highest BCUT2D eigenvalue weighted by Gasteiger charge is 2.30. The summed E-state index contributed by atoms with van der Waals surface area (Å²) in [6, 6.07) is 4.95. The standard InChI is InChI=1S/C18H14BrF3N4S/c19-15-10-27-16(25-15)9-26-6-5-12-7-23-17(24-14(12)8-26)11-1-3-13(4-2-11)18(20,21)22/h1-4,7,10H,5-6,8-9H2. The van der Waals surface area contributed by atoms with Crippen LogP contribution in [0.5, 0.6) is 0 Å². The van der Waals surface area contributed by atoms with Crippen molar-refractivity contribution in [1.82, 2.24) is 19.9 Å².